The van der Waals surface area contributed by atoms with Gasteiger partial charge in [-0.15, -0.1) is 0 Å². The van der Waals surface area contributed by atoms with E-state index in [9.17, 15) is 18.8 Å². The molecule has 1 aliphatic carbocycles. The average molecular weight is 515 g/mol. The molecule has 8 heteroatoms. The summed E-state index contributed by atoms with van der Waals surface area (Å²) < 4.78 is 13.6. The summed E-state index contributed by atoms with van der Waals surface area (Å²) in [7, 11) is 0. The second kappa shape index (κ2) is 10.8. The molecule has 38 heavy (non-hydrogen) atoms. The second-order valence-electron chi connectivity index (χ2n) is 10.1. The van der Waals surface area contributed by atoms with E-state index >= 15 is 0 Å². The van der Waals surface area contributed by atoms with Crippen LogP contribution in [0.2, 0.25) is 0 Å². The highest BCUT2D eigenvalue weighted by Crippen LogP contribution is 2.40. The van der Waals surface area contributed by atoms with Crippen LogP contribution in [0.4, 0.5) is 15.8 Å². The van der Waals surface area contributed by atoms with Gasteiger partial charge in [0.25, 0.3) is 11.8 Å². The molecular weight excluding hydrogens is 483 g/mol. The maximum Gasteiger partial charge on any atom is 0.258 e. The fraction of sp³-hybridized carbons (Fsp3) is 0.300. The Balaban J connectivity index is 1.54. The van der Waals surface area contributed by atoms with Gasteiger partial charge in [-0.25, -0.2) is 4.39 Å². The highest BCUT2D eigenvalue weighted by Gasteiger charge is 2.35. The largest absolute Gasteiger partial charge is 0.348 e. The van der Waals surface area contributed by atoms with E-state index in [2.05, 4.69) is 10.6 Å². The van der Waals surface area contributed by atoms with Gasteiger partial charge in [-0.05, 0) is 67.8 Å². The molecule has 7 nitrogen and oxygen atoms in total. The van der Waals surface area contributed by atoms with Gasteiger partial charge in [0.05, 0.1) is 23.8 Å². The number of aryl methyl sites for hydroxylation is 1. The van der Waals surface area contributed by atoms with Crippen molar-refractivity contribution in [3.8, 4) is 0 Å². The van der Waals surface area contributed by atoms with Crippen molar-refractivity contribution in [1.82, 2.24) is 5.32 Å². The molecule has 1 saturated carbocycles. The van der Waals surface area contributed by atoms with Crippen molar-refractivity contribution in [3.05, 3.63) is 94.8 Å². The van der Waals surface area contributed by atoms with Crippen LogP contribution < -0.4 is 21.3 Å². The number of fused-ring (bicyclic) bond motifs is 1. The summed E-state index contributed by atoms with van der Waals surface area (Å²) in [5.41, 5.74) is 9.53. The maximum atomic E-state index is 13.9. The summed E-state index contributed by atoms with van der Waals surface area (Å²) in [6.45, 7) is 1.97. The first kappa shape index (κ1) is 25.6. The quantitative estimate of drug-likeness (QED) is 0.462. The molecule has 3 aromatic carbocycles. The number of carbonyl (C=O) groups is 3. The smallest absolute Gasteiger partial charge is 0.258 e. The van der Waals surface area contributed by atoms with Crippen LogP contribution >= 0.6 is 0 Å². The van der Waals surface area contributed by atoms with E-state index in [1.165, 1.54) is 24.3 Å². The number of carbonyl (C=O) groups excluding carboxylic acids is 3. The molecule has 1 heterocycles. The lowest BCUT2D eigenvalue weighted by atomic mass is 9.91. The molecule has 3 aromatic rings. The topological polar surface area (TPSA) is 105 Å². The van der Waals surface area contributed by atoms with Gasteiger partial charge >= 0.3 is 0 Å². The fourth-order valence-corrected chi connectivity index (χ4v) is 5.25. The minimum absolute atomic E-state index is 0.0170. The van der Waals surface area contributed by atoms with Gasteiger partial charge in [-0.2, -0.15) is 0 Å². The lowest BCUT2D eigenvalue weighted by Gasteiger charge is -2.31. The molecule has 4 N–H and O–H groups in total. The van der Waals surface area contributed by atoms with E-state index in [0.29, 0.717) is 16.9 Å². The molecule has 3 atom stereocenters. The zero-order valence-corrected chi connectivity index (χ0v) is 21.2. The number of halogens is 1. The minimum atomic E-state index is -0.602. The van der Waals surface area contributed by atoms with Gasteiger partial charge in [0.2, 0.25) is 5.91 Å². The van der Waals surface area contributed by atoms with Gasteiger partial charge in [-0.3, -0.25) is 19.3 Å². The standard InChI is InChI=1S/C30H31FN4O3/c1-18-6-8-19(9-7-18)27-17-28(36)33-25-16-21(29(37)34-24-5-3-2-4-23(24)32)12-15-26(25)35(27)30(38)20-10-13-22(31)14-11-20/h6-16,23-24,27H,2-5,17,32H2,1H3,(H,33,36)(H,34,37). The molecule has 1 aliphatic heterocycles. The van der Waals surface area contributed by atoms with Gasteiger partial charge < -0.3 is 16.4 Å². The summed E-state index contributed by atoms with van der Waals surface area (Å²) in [4.78, 5) is 41.6. The number of hydrogen-bond donors (Lipinski definition) is 3. The number of nitrogens with zero attached hydrogens (tertiary/aromatic N) is 1. The lowest BCUT2D eigenvalue weighted by Crippen LogP contribution is -2.49. The number of amides is 3. The number of rotatable bonds is 4. The Morgan fingerprint density at radius 1 is 0.974 bits per heavy atom. The first-order valence-corrected chi connectivity index (χ1v) is 13.0. The third-order valence-corrected chi connectivity index (χ3v) is 7.39. The lowest BCUT2D eigenvalue weighted by molar-refractivity contribution is -0.116. The van der Waals surface area contributed by atoms with Crippen LogP contribution in [0.5, 0.6) is 0 Å². The molecule has 3 unspecified atom stereocenters. The Kier molecular flexibility index (Phi) is 7.24. The number of benzene rings is 3. The van der Waals surface area contributed by atoms with Crippen molar-refractivity contribution in [2.75, 3.05) is 10.2 Å². The zero-order valence-electron chi connectivity index (χ0n) is 21.2. The third-order valence-electron chi connectivity index (χ3n) is 7.39. The van der Waals surface area contributed by atoms with Crippen molar-refractivity contribution >= 4 is 29.1 Å². The van der Waals surface area contributed by atoms with Crippen molar-refractivity contribution in [2.24, 2.45) is 5.73 Å². The molecule has 5 rings (SSSR count). The van der Waals surface area contributed by atoms with E-state index < -0.39 is 11.9 Å². The van der Waals surface area contributed by atoms with Crippen LogP contribution in [-0.4, -0.2) is 29.8 Å². The summed E-state index contributed by atoms with van der Waals surface area (Å²) in [6, 6.07) is 17.1. The molecule has 2 aliphatic rings. The van der Waals surface area contributed by atoms with Gasteiger partial charge in [0.1, 0.15) is 5.82 Å². The van der Waals surface area contributed by atoms with Gasteiger partial charge in [0, 0.05) is 23.2 Å². The molecule has 0 spiro atoms. The molecule has 0 aromatic heterocycles. The van der Waals surface area contributed by atoms with E-state index in [1.54, 1.807) is 23.1 Å². The van der Waals surface area contributed by atoms with Gasteiger partial charge in [0.15, 0.2) is 0 Å². The van der Waals surface area contributed by atoms with E-state index in [0.717, 1.165) is 36.8 Å². The van der Waals surface area contributed by atoms with Crippen molar-refractivity contribution in [1.29, 1.82) is 0 Å². The Morgan fingerprint density at radius 3 is 2.37 bits per heavy atom. The van der Waals surface area contributed by atoms with E-state index in [-0.39, 0.29) is 41.8 Å². The Morgan fingerprint density at radius 2 is 1.66 bits per heavy atom. The van der Waals surface area contributed by atoms with E-state index in [1.807, 2.05) is 31.2 Å². The van der Waals surface area contributed by atoms with Crippen LogP contribution in [0.3, 0.4) is 0 Å². The monoisotopic (exact) mass is 514 g/mol. The van der Waals surface area contributed by atoms with Crippen LogP contribution in [0.1, 0.15) is 70.0 Å². The summed E-state index contributed by atoms with van der Waals surface area (Å²) >= 11 is 0. The maximum absolute atomic E-state index is 13.9. The molecule has 0 radical (unpaired) electrons. The molecule has 0 saturated heterocycles. The summed E-state index contributed by atoms with van der Waals surface area (Å²) in [5.74, 6) is -1.38. The number of nitrogens with two attached hydrogens (primary N) is 1. The van der Waals surface area contributed by atoms with Crippen LogP contribution in [0, 0.1) is 12.7 Å². The first-order chi connectivity index (χ1) is 18.3. The molecule has 1 fully saturated rings. The third kappa shape index (κ3) is 5.31. The van der Waals surface area contributed by atoms with Crippen LogP contribution in [-0.2, 0) is 4.79 Å². The summed E-state index contributed by atoms with van der Waals surface area (Å²) in [6.07, 6.45) is 3.78. The number of hydrogen-bond acceptors (Lipinski definition) is 4. The predicted molar refractivity (Wildman–Crippen MR) is 145 cm³/mol. The first-order valence-electron chi connectivity index (χ1n) is 13.0. The second-order valence-corrected chi connectivity index (χ2v) is 10.1. The predicted octanol–water partition coefficient (Wildman–Crippen LogP) is 4.86. The Bertz CT molecular complexity index is 1360. The average Bonchev–Trinajstić information content (AvgIpc) is 3.05. The molecule has 0 bridgehead atoms. The highest BCUT2D eigenvalue weighted by molar-refractivity contribution is 6.12. The molecule has 196 valence electrons. The zero-order chi connectivity index (χ0) is 26.8. The number of nitrogens with one attached hydrogen (secondary N) is 2. The van der Waals surface area contributed by atoms with Crippen molar-refractivity contribution in [2.45, 2.75) is 57.2 Å². The van der Waals surface area contributed by atoms with Crippen LogP contribution in [0.15, 0.2) is 66.7 Å². The van der Waals surface area contributed by atoms with Gasteiger partial charge in [-0.1, -0.05) is 42.7 Å². The summed E-state index contributed by atoms with van der Waals surface area (Å²) in [5, 5.41) is 5.92. The molecule has 3 amide bonds. The number of anilines is 2. The van der Waals surface area contributed by atoms with Crippen LogP contribution in [0.25, 0.3) is 0 Å². The fourth-order valence-electron chi connectivity index (χ4n) is 5.25. The van der Waals surface area contributed by atoms with Crippen molar-refractivity contribution in [3.63, 3.8) is 0 Å². The normalized spacial score (nSPS) is 21.2. The van der Waals surface area contributed by atoms with E-state index in [4.69, 9.17) is 5.73 Å². The Labute approximate surface area is 221 Å². The SMILES string of the molecule is Cc1ccc(C2CC(=O)Nc3cc(C(=O)NC4CCCCC4N)ccc3N2C(=O)c2ccc(F)cc2)cc1. The molecular formula is C30H31FN4O3. The Hall–Kier alpha value is -4.04. The highest BCUT2D eigenvalue weighted by atomic mass is 19.1. The van der Waals surface area contributed by atoms with Crippen molar-refractivity contribution < 1.29 is 18.8 Å². The minimum Gasteiger partial charge on any atom is -0.348 e.